The number of hydrogen-bond donors (Lipinski definition) is 1. The second kappa shape index (κ2) is 7.54. The summed E-state index contributed by atoms with van der Waals surface area (Å²) >= 11 is 0. The van der Waals surface area contributed by atoms with Crippen molar-refractivity contribution in [1.29, 1.82) is 0 Å². The standard InChI is InChI=1S/C20H32N2O3/c1-7-15-11-17(23)12-18(14(15)3)22(8-2)16-9-10-21(13-16)19(24)25-20(4,5)6/h11-12,16,23H,7-10,13H2,1-6H3. The molecule has 140 valence electrons. The number of benzene rings is 1. The smallest absolute Gasteiger partial charge is 0.410 e. The van der Waals surface area contributed by atoms with Gasteiger partial charge in [0.25, 0.3) is 0 Å². The zero-order valence-electron chi connectivity index (χ0n) is 16.4. The highest BCUT2D eigenvalue weighted by atomic mass is 16.6. The van der Waals surface area contributed by atoms with Crippen molar-refractivity contribution in [3.8, 4) is 5.75 Å². The van der Waals surface area contributed by atoms with Crippen molar-refractivity contribution in [3.05, 3.63) is 23.3 Å². The van der Waals surface area contributed by atoms with E-state index in [0.717, 1.165) is 30.6 Å². The Morgan fingerprint density at radius 2 is 2.04 bits per heavy atom. The maximum Gasteiger partial charge on any atom is 0.410 e. The van der Waals surface area contributed by atoms with Gasteiger partial charge in [0.2, 0.25) is 0 Å². The maximum atomic E-state index is 12.3. The van der Waals surface area contributed by atoms with Gasteiger partial charge in [-0.05, 0) is 64.7 Å². The van der Waals surface area contributed by atoms with Crippen molar-refractivity contribution in [2.75, 3.05) is 24.5 Å². The summed E-state index contributed by atoms with van der Waals surface area (Å²) in [4.78, 5) is 16.4. The molecule has 2 rings (SSSR count). The number of likely N-dealkylation sites (N-methyl/N-ethyl adjacent to an activating group) is 1. The molecule has 1 aromatic rings. The summed E-state index contributed by atoms with van der Waals surface area (Å²) in [5.41, 5.74) is 2.96. The predicted molar refractivity (Wildman–Crippen MR) is 101 cm³/mol. The molecule has 0 aromatic heterocycles. The molecule has 1 atom stereocenters. The van der Waals surface area contributed by atoms with Gasteiger partial charge in [0, 0.05) is 37.4 Å². The molecule has 1 heterocycles. The number of rotatable bonds is 4. The molecule has 1 N–H and O–H groups in total. The highest BCUT2D eigenvalue weighted by Crippen LogP contribution is 2.32. The van der Waals surface area contributed by atoms with E-state index >= 15 is 0 Å². The van der Waals surface area contributed by atoms with E-state index in [1.54, 1.807) is 4.90 Å². The van der Waals surface area contributed by atoms with E-state index in [2.05, 4.69) is 25.7 Å². The number of amides is 1. The van der Waals surface area contributed by atoms with Crippen LogP contribution in [-0.4, -0.2) is 47.4 Å². The number of carbonyl (C=O) groups is 1. The fraction of sp³-hybridized carbons (Fsp3) is 0.650. The van der Waals surface area contributed by atoms with Gasteiger partial charge in [-0.15, -0.1) is 0 Å². The first kappa shape index (κ1) is 19.4. The Labute approximate surface area is 151 Å². The molecule has 5 nitrogen and oxygen atoms in total. The number of anilines is 1. The minimum atomic E-state index is -0.475. The molecule has 1 fully saturated rings. The molecule has 0 spiro atoms. The summed E-state index contributed by atoms with van der Waals surface area (Å²) in [5, 5.41) is 10.1. The Balaban J connectivity index is 2.18. The SMILES string of the molecule is CCc1cc(O)cc(N(CC)C2CCN(C(=O)OC(C)(C)C)C2)c1C. The van der Waals surface area contributed by atoms with Crippen LogP contribution in [0.1, 0.15) is 52.2 Å². The van der Waals surface area contributed by atoms with Crippen LogP contribution in [0.3, 0.4) is 0 Å². The number of carbonyl (C=O) groups excluding carboxylic acids is 1. The Bertz CT molecular complexity index is 622. The first-order valence-corrected chi connectivity index (χ1v) is 9.23. The minimum Gasteiger partial charge on any atom is -0.508 e. The number of phenols is 1. The molecule has 1 aliphatic rings. The monoisotopic (exact) mass is 348 g/mol. The van der Waals surface area contributed by atoms with Crippen LogP contribution in [0.25, 0.3) is 0 Å². The molecule has 1 aromatic carbocycles. The maximum absolute atomic E-state index is 12.3. The van der Waals surface area contributed by atoms with Crippen molar-refractivity contribution in [1.82, 2.24) is 4.90 Å². The zero-order chi connectivity index (χ0) is 18.8. The lowest BCUT2D eigenvalue weighted by atomic mass is 10.0. The van der Waals surface area contributed by atoms with Crippen molar-refractivity contribution in [2.45, 2.75) is 66.0 Å². The number of aromatic hydroxyl groups is 1. The lowest BCUT2D eigenvalue weighted by molar-refractivity contribution is 0.0292. The van der Waals surface area contributed by atoms with E-state index in [4.69, 9.17) is 4.74 Å². The molecule has 0 radical (unpaired) electrons. The molecule has 0 saturated carbocycles. The summed E-state index contributed by atoms with van der Waals surface area (Å²) in [6.45, 7) is 14.2. The zero-order valence-corrected chi connectivity index (χ0v) is 16.4. The summed E-state index contributed by atoms with van der Waals surface area (Å²) in [5.74, 6) is 0.304. The van der Waals surface area contributed by atoms with Crippen LogP contribution in [0.15, 0.2) is 12.1 Å². The topological polar surface area (TPSA) is 53.0 Å². The van der Waals surface area contributed by atoms with E-state index in [1.807, 2.05) is 32.9 Å². The van der Waals surface area contributed by atoms with Crippen molar-refractivity contribution < 1.29 is 14.6 Å². The average molecular weight is 348 g/mol. The lowest BCUT2D eigenvalue weighted by Gasteiger charge is -2.32. The Morgan fingerprint density at radius 3 is 2.60 bits per heavy atom. The molecule has 1 aliphatic heterocycles. The summed E-state index contributed by atoms with van der Waals surface area (Å²) in [6.07, 6.45) is 1.55. The van der Waals surface area contributed by atoms with E-state index in [0.29, 0.717) is 18.8 Å². The second-order valence-corrected chi connectivity index (χ2v) is 7.76. The van der Waals surface area contributed by atoms with Gasteiger partial charge in [-0.2, -0.15) is 0 Å². The van der Waals surface area contributed by atoms with Crippen LogP contribution in [0.4, 0.5) is 10.5 Å². The van der Waals surface area contributed by atoms with Gasteiger partial charge in [-0.25, -0.2) is 4.79 Å². The molecule has 5 heteroatoms. The van der Waals surface area contributed by atoms with Crippen LogP contribution in [0.2, 0.25) is 0 Å². The van der Waals surface area contributed by atoms with Gasteiger partial charge in [0.15, 0.2) is 0 Å². The van der Waals surface area contributed by atoms with Gasteiger partial charge < -0.3 is 19.6 Å². The number of likely N-dealkylation sites (tertiary alicyclic amines) is 1. The first-order chi connectivity index (χ1) is 11.7. The molecule has 25 heavy (non-hydrogen) atoms. The third kappa shape index (κ3) is 4.59. The summed E-state index contributed by atoms with van der Waals surface area (Å²) < 4.78 is 5.50. The van der Waals surface area contributed by atoms with E-state index < -0.39 is 5.60 Å². The van der Waals surface area contributed by atoms with Gasteiger partial charge in [0.1, 0.15) is 11.4 Å². The number of hydrogen-bond acceptors (Lipinski definition) is 4. The quantitative estimate of drug-likeness (QED) is 0.890. The lowest BCUT2D eigenvalue weighted by Crippen LogP contribution is -2.40. The Kier molecular flexibility index (Phi) is 5.86. The molecule has 1 unspecified atom stereocenters. The number of ether oxygens (including phenoxy) is 1. The summed E-state index contributed by atoms with van der Waals surface area (Å²) in [7, 11) is 0. The predicted octanol–water partition coefficient (Wildman–Crippen LogP) is 4.10. The fourth-order valence-corrected chi connectivity index (χ4v) is 3.52. The third-order valence-corrected chi connectivity index (χ3v) is 4.76. The second-order valence-electron chi connectivity index (χ2n) is 7.76. The largest absolute Gasteiger partial charge is 0.508 e. The number of aryl methyl sites for hydroxylation is 1. The number of phenolic OH excluding ortho intramolecular Hbond substituents is 1. The molecule has 0 bridgehead atoms. The van der Waals surface area contributed by atoms with Crippen molar-refractivity contribution >= 4 is 11.8 Å². The fourth-order valence-electron chi connectivity index (χ4n) is 3.52. The molecule has 0 aliphatic carbocycles. The third-order valence-electron chi connectivity index (χ3n) is 4.76. The first-order valence-electron chi connectivity index (χ1n) is 9.23. The van der Waals surface area contributed by atoms with E-state index in [9.17, 15) is 9.90 Å². The van der Waals surface area contributed by atoms with Crippen LogP contribution >= 0.6 is 0 Å². The average Bonchev–Trinajstić information content (AvgIpc) is 2.99. The van der Waals surface area contributed by atoms with Crippen LogP contribution in [0, 0.1) is 6.92 Å². The van der Waals surface area contributed by atoms with Gasteiger partial charge in [0.05, 0.1) is 0 Å². The van der Waals surface area contributed by atoms with Gasteiger partial charge in [-0.1, -0.05) is 6.92 Å². The van der Waals surface area contributed by atoms with Crippen molar-refractivity contribution in [3.63, 3.8) is 0 Å². The van der Waals surface area contributed by atoms with Crippen LogP contribution < -0.4 is 4.90 Å². The van der Waals surface area contributed by atoms with E-state index in [-0.39, 0.29) is 12.1 Å². The number of nitrogens with zero attached hydrogens (tertiary/aromatic N) is 2. The molecular formula is C20H32N2O3. The van der Waals surface area contributed by atoms with Gasteiger partial charge in [-0.3, -0.25) is 0 Å². The molecular weight excluding hydrogens is 316 g/mol. The van der Waals surface area contributed by atoms with Gasteiger partial charge >= 0.3 is 6.09 Å². The normalized spacial score (nSPS) is 17.7. The summed E-state index contributed by atoms with van der Waals surface area (Å²) in [6, 6.07) is 3.92. The van der Waals surface area contributed by atoms with E-state index in [1.165, 1.54) is 5.56 Å². The minimum absolute atomic E-state index is 0.239. The Hall–Kier alpha value is -1.91. The molecule has 1 saturated heterocycles. The van der Waals surface area contributed by atoms with Crippen LogP contribution in [0.5, 0.6) is 5.75 Å². The van der Waals surface area contributed by atoms with Crippen molar-refractivity contribution in [2.24, 2.45) is 0 Å². The highest BCUT2D eigenvalue weighted by molar-refractivity contribution is 5.69. The van der Waals surface area contributed by atoms with Crippen LogP contribution in [-0.2, 0) is 11.2 Å². The highest BCUT2D eigenvalue weighted by Gasteiger charge is 2.33. The Morgan fingerprint density at radius 1 is 1.36 bits per heavy atom. The molecule has 1 amide bonds.